The van der Waals surface area contributed by atoms with Crippen LogP contribution in [0.2, 0.25) is 0 Å². The minimum atomic E-state index is -0.125. The Balaban J connectivity index is 1.34. The second kappa shape index (κ2) is 7.38. The standard InChI is InChI=1S/C21H24N2O3/c1-14(23-18-8-4-6-16-5-2-3-7-17(16)18)21(24)22-12-15-9-10-19-20(11-15)26-13-25-19/h2-3,5,7,9-11,14,18,23H,4,6,8,12-13H2,1H3,(H,22,24)/p+1/t14-,18+/m1/s1. The molecular formula is C21H25N2O3+. The molecule has 4 rings (SSSR count). The van der Waals surface area contributed by atoms with Gasteiger partial charge in [-0.25, -0.2) is 0 Å². The van der Waals surface area contributed by atoms with Gasteiger partial charge in [-0.1, -0.05) is 30.3 Å². The van der Waals surface area contributed by atoms with Crippen LogP contribution in [0, 0.1) is 0 Å². The molecule has 3 N–H and O–H groups in total. The molecule has 1 aliphatic carbocycles. The maximum atomic E-state index is 12.5. The zero-order valence-electron chi connectivity index (χ0n) is 15.0. The highest BCUT2D eigenvalue weighted by Gasteiger charge is 2.27. The second-order valence-electron chi connectivity index (χ2n) is 7.08. The fourth-order valence-corrected chi connectivity index (χ4v) is 3.83. The summed E-state index contributed by atoms with van der Waals surface area (Å²) in [5.74, 6) is 1.57. The lowest BCUT2D eigenvalue weighted by Gasteiger charge is -2.26. The number of nitrogens with one attached hydrogen (secondary N) is 1. The molecule has 0 fully saturated rings. The summed E-state index contributed by atoms with van der Waals surface area (Å²) in [6.45, 7) is 2.74. The molecule has 0 saturated heterocycles. The summed E-state index contributed by atoms with van der Waals surface area (Å²) in [6, 6.07) is 14.6. The molecule has 0 aromatic heterocycles. The lowest BCUT2D eigenvalue weighted by molar-refractivity contribution is -0.714. The van der Waals surface area contributed by atoms with Crippen LogP contribution in [0.1, 0.15) is 42.5 Å². The molecular weight excluding hydrogens is 328 g/mol. The number of hydrogen-bond donors (Lipinski definition) is 2. The van der Waals surface area contributed by atoms with E-state index in [0.29, 0.717) is 12.6 Å². The molecule has 26 heavy (non-hydrogen) atoms. The van der Waals surface area contributed by atoms with E-state index in [1.165, 1.54) is 17.5 Å². The summed E-state index contributed by atoms with van der Waals surface area (Å²) >= 11 is 0. The van der Waals surface area contributed by atoms with Gasteiger partial charge in [0.2, 0.25) is 6.79 Å². The molecule has 1 amide bonds. The van der Waals surface area contributed by atoms with Gasteiger partial charge < -0.3 is 20.1 Å². The molecule has 1 aliphatic heterocycles. The van der Waals surface area contributed by atoms with Crippen LogP contribution in [0.4, 0.5) is 0 Å². The van der Waals surface area contributed by atoms with Gasteiger partial charge in [-0.3, -0.25) is 4.79 Å². The summed E-state index contributed by atoms with van der Waals surface area (Å²) in [6.07, 6.45) is 3.45. The summed E-state index contributed by atoms with van der Waals surface area (Å²) in [5, 5.41) is 5.24. The molecule has 0 bridgehead atoms. The van der Waals surface area contributed by atoms with Gasteiger partial charge in [-0.2, -0.15) is 0 Å². The number of rotatable bonds is 5. The van der Waals surface area contributed by atoms with Crippen LogP contribution in [-0.4, -0.2) is 18.7 Å². The third-order valence-corrected chi connectivity index (χ3v) is 5.25. The van der Waals surface area contributed by atoms with Crippen LogP contribution < -0.4 is 20.1 Å². The molecule has 0 saturated carbocycles. The van der Waals surface area contributed by atoms with Gasteiger partial charge in [0.1, 0.15) is 6.04 Å². The monoisotopic (exact) mass is 353 g/mol. The fourth-order valence-electron chi connectivity index (χ4n) is 3.83. The first-order valence-corrected chi connectivity index (χ1v) is 9.30. The van der Waals surface area contributed by atoms with Crippen molar-refractivity contribution >= 4 is 5.91 Å². The predicted octanol–water partition coefficient (Wildman–Crippen LogP) is 2.06. The maximum absolute atomic E-state index is 12.5. The van der Waals surface area contributed by atoms with Crippen molar-refractivity contribution in [3.63, 3.8) is 0 Å². The third kappa shape index (κ3) is 3.53. The number of fused-ring (bicyclic) bond motifs is 2. The number of benzene rings is 2. The molecule has 2 aliphatic rings. The smallest absolute Gasteiger partial charge is 0.278 e. The fraction of sp³-hybridized carbons (Fsp3) is 0.381. The number of aryl methyl sites for hydroxylation is 1. The minimum Gasteiger partial charge on any atom is -0.454 e. The van der Waals surface area contributed by atoms with Crippen LogP contribution in [-0.2, 0) is 17.8 Å². The van der Waals surface area contributed by atoms with Crippen molar-refractivity contribution in [2.75, 3.05) is 6.79 Å². The van der Waals surface area contributed by atoms with Gasteiger partial charge in [0, 0.05) is 18.5 Å². The van der Waals surface area contributed by atoms with Crippen LogP contribution in [0.15, 0.2) is 42.5 Å². The van der Waals surface area contributed by atoms with Crippen molar-refractivity contribution < 1.29 is 19.6 Å². The van der Waals surface area contributed by atoms with Gasteiger partial charge in [-0.15, -0.1) is 0 Å². The number of amides is 1. The van der Waals surface area contributed by atoms with Gasteiger partial charge in [0.05, 0.1) is 0 Å². The van der Waals surface area contributed by atoms with Crippen molar-refractivity contribution in [2.45, 2.75) is 44.8 Å². The predicted molar refractivity (Wildman–Crippen MR) is 97.9 cm³/mol. The lowest BCUT2D eigenvalue weighted by atomic mass is 9.87. The Hall–Kier alpha value is -2.53. The van der Waals surface area contributed by atoms with E-state index < -0.39 is 0 Å². The highest BCUT2D eigenvalue weighted by molar-refractivity contribution is 5.79. The molecule has 2 aromatic carbocycles. The van der Waals surface area contributed by atoms with Crippen molar-refractivity contribution in [3.05, 3.63) is 59.2 Å². The van der Waals surface area contributed by atoms with Gasteiger partial charge in [-0.05, 0) is 43.0 Å². The van der Waals surface area contributed by atoms with E-state index in [1.54, 1.807) is 0 Å². The Labute approximate surface area is 153 Å². The van der Waals surface area contributed by atoms with Gasteiger partial charge in [0.25, 0.3) is 5.91 Å². The van der Waals surface area contributed by atoms with Crippen molar-refractivity contribution in [1.82, 2.24) is 5.32 Å². The summed E-state index contributed by atoms with van der Waals surface area (Å²) in [5.41, 5.74) is 3.82. The summed E-state index contributed by atoms with van der Waals surface area (Å²) in [4.78, 5) is 12.5. The molecule has 0 spiro atoms. The highest BCUT2D eigenvalue weighted by atomic mass is 16.7. The van der Waals surface area contributed by atoms with Crippen molar-refractivity contribution in [1.29, 1.82) is 0 Å². The average Bonchev–Trinajstić information content (AvgIpc) is 3.14. The highest BCUT2D eigenvalue weighted by Crippen LogP contribution is 2.32. The van der Waals surface area contributed by atoms with E-state index in [4.69, 9.17) is 9.47 Å². The molecule has 136 valence electrons. The van der Waals surface area contributed by atoms with Gasteiger partial charge >= 0.3 is 0 Å². The molecule has 0 unspecified atom stereocenters. The number of nitrogens with two attached hydrogens (primary N) is 1. The minimum absolute atomic E-state index is 0.0609. The first kappa shape index (κ1) is 16.9. The molecule has 2 atom stereocenters. The molecule has 5 nitrogen and oxygen atoms in total. The maximum Gasteiger partial charge on any atom is 0.278 e. The number of carbonyl (C=O) groups excluding carboxylic acids is 1. The second-order valence-corrected chi connectivity index (χ2v) is 7.08. The Bertz CT molecular complexity index is 806. The SMILES string of the molecule is C[C@@H]([NH2+][C@H]1CCCc2ccccc21)C(=O)NCc1ccc2c(c1)OCO2. The first-order valence-electron chi connectivity index (χ1n) is 9.30. The number of hydrogen-bond acceptors (Lipinski definition) is 3. The van der Waals surface area contributed by atoms with E-state index in [9.17, 15) is 4.79 Å². The average molecular weight is 353 g/mol. The number of quaternary nitrogens is 1. The normalized spacial score (nSPS) is 18.9. The molecule has 5 heteroatoms. The van der Waals surface area contributed by atoms with Crippen LogP contribution in [0.3, 0.4) is 0 Å². The first-order chi connectivity index (χ1) is 12.7. The van der Waals surface area contributed by atoms with Crippen LogP contribution >= 0.6 is 0 Å². The van der Waals surface area contributed by atoms with Gasteiger partial charge in [0.15, 0.2) is 17.5 Å². The molecule has 2 aromatic rings. The van der Waals surface area contributed by atoms with E-state index in [1.807, 2.05) is 25.1 Å². The van der Waals surface area contributed by atoms with E-state index in [-0.39, 0.29) is 18.7 Å². The Morgan fingerprint density at radius 3 is 3.00 bits per heavy atom. The Kier molecular flexibility index (Phi) is 4.80. The van der Waals surface area contributed by atoms with E-state index >= 15 is 0 Å². The summed E-state index contributed by atoms with van der Waals surface area (Å²) < 4.78 is 10.7. The largest absolute Gasteiger partial charge is 0.454 e. The number of ether oxygens (including phenoxy) is 2. The summed E-state index contributed by atoms with van der Waals surface area (Å²) in [7, 11) is 0. The van der Waals surface area contributed by atoms with Crippen LogP contribution in [0.5, 0.6) is 11.5 Å². The van der Waals surface area contributed by atoms with E-state index in [2.05, 4.69) is 34.9 Å². The Morgan fingerprint density at radius 1 is 1.23 bits per heavy atom. The van der Waals surface area contributed by atoms with Crippen molar-refractivity contribution in [2.24, 2.45) is 0 Å². The number of carbonyl (C=O) groups is 1. The lowest BCUT2D eigenvalue weighted by Crippen LogP contribution is -2.92. The van der Waals surface area contributed by atoms with E-state index in [0.717, 1.165) is 29.9 Å². The molecule has 1 heterocycles. The molecule has 0 radical (unpaired) electrons. The Morgan fingerprint density at radius 2 is 2.08 bits per heavy atom. The topological polar surface area (TPSA) is 64.2 Å². The van der Waals surface area contributed by atoms with Crippen molar-refractivity contribution in [3.8, 4) is 11.5 Å². The zero-order chi connectivity index (χ0) is 17.9. The third-order valence-electron chi connectivity index (χ3n) is 5.25. The zero-order valence-corrected chi connectivity index (χ0v) is 15.0. The quantitative estimate of drug-likeness (QED) is 0.865. The van der Waals surface area contributed by atoms with Crippen LogP contribution in [0.25, 0.3) is 0 Å².